The van der Waals surface area contributed by atoms with Gasteiger partial charge in [0.05, 0.1) is 5.92 Å². The second kappa shape index (κ2) is 3.92. The van der Waals surface area contributed by atoms with Gasteiger partial charge >= 0.3 is 5.97 Å². The summed E-state index contributed by atoms with van der Waals surface area (Å²) in [7, 11) is 0. The van der Waals surface area contributed by atoms with Gasteiger partial charge in [0, 0.05) is 20.0 Å². The number of carbonyl (C=O) groups excluding carboxylic acids is 1. The number of aromatic nitrogens is 2. The Bertz CT molecular complexity index is 428. The summed E-state index contributed by atoms with van der Waals surface area (Å²) in [5, 5.41) is 12.3. The van der Waals surface area contributed by atoms with Crippen LogP contribution in [0.4, 0.5) is 0 Å². The SMILES string of the molecule is Cc1nc(C(=O)N2CCC(C(=O)O)C2)no1. The van der Waals surface area contributed by atoms with Crippen molar-refractivity contribution in [2.75, 3.05) is 13.1 Å². The summed E-state index contributed by atoms with van der Waals surface area (Å²) in [6.07, 6.45) is 0.470. The molecule has 1 unspecified atom stereocenters. The predicted octanol–water partition coefficient (Wildman–Crippen LogP) is -0.0753. The van der Waals surface area contributed by atoms with Crippen molar-refractivity contribution >= 4 is 11.9 Å². The maximum atomic E-state index is 11.8. The van der Waals surface area contributed by atoms with E-state index in [4.69, 9.17) is 9.63 Å². The van der Waals surface area contributed by atoms with E-state index in [1.807, 2.05) is 0 Å². The lowest BCUT2D eigenvalue weighted by atomic mass is 10.1. The lowest BCUT2D eigenvalue weighted by molar-refractivity contribution is -0.141. The Labute approximate surface area is 91.0 Å². The Morgan fingerprint density at radius 2 is 2.31 bits per heavy atom. The van der Waals surface area contributed by atoms with Crippen LogP contribution in [0.2, 0.25) is 0 Å². The lowest BCUT2D eigenvalue weighted by Crippen LogP contribution is -2.30. The van der Waals surface area contributed by atoms with E-state index in [9.17, 15) is 9.59 Å². The van der Waals surface area contributed by atoms with Crippen LogP contribution in [0, 0.1) is 12.8 Å². The number of likely N-dealkylation sites (tertiary alicyclic amines) is 1. The summed E-state index contributed by atoms with van der Waals surface area (Å²) in [5.41, 5.74) is 0. The molecule has 0 aromatic carbocycles. The average molecular weight is 225 g/mol. The van der Waals surface area contributed by atoms with Crippen LogP contribution < -0.4 is 0 Å². The number of aryl methyl sites for hydroxylation is 1. The Kier molecular flexibility index (Phi) is 2.59. The summed E-state index contributed by atoms with van der Waals surface area (Å²) in [4.78, 5) is 27.7. The first kappa shape index (κ1) is 10.6. The van der Waals surface area contributed by atoms with Crippen LogP contribution in [0.3, 0.4) is 0 Å². The van der Waals surface area contributed by atoms with Gasteiger partial charge in [0.2, 0.25) is 5.89 Å². The van der Waals surface area contributed by atoms with Crippen molar-refractivity contribution in [1.82, 2.24) is 15.0 Å². The minimum absolute atomic E-state index is 0.0106. The fraction of sp³-hybridized carbons (Fsp3) is 0.556. The van der Waals surface area contributed by atoms with Crippen molar-refractivity contribution in [3.63, 3.8) is 0 Å². The molecule has 1 atom stereocenters. The third kappa shape index (κ3) is 1.88. The molecular weight excluding hydrogens is 214 g/mol. The van der Waals surface area contributed by atoms with Gasteiger partial charge in [-0.05, 0) is 6.42 Å². The summed E-state index contributed by atoms with van der Waals surface area (Å²) in [5.74, 6) is -1.43. The minimum atomic E-state index is -0.875. The molecule has 0 aliphatic carbocycles. The van der Waals surface area contributed by atoms with Crippen molar-refractivity contribution in [1.29, 1.82) is 0 Å². The molecule has 1 aliphatic rings. The molecule has 0 saturated carbocycles. The Morgan fingerprint density at radius 1 is 1.56 bits per heavy atom. The Hall–Kier alpha value is -1.92. The topological polar surface area (TPSA) is 96.5 Å². The number of hydrogen-bond donors (Lipinski definition) is 1. The van der Waals surface area contributed by atoms with Gasteiger partial charge in [-0.25, -0.2) is 0 Å². The van der Waals surface area contributed by atoms with Crippen LogP contribution in [0.5, 0.6) is 0 Å². The quantitative estimate of drug-likeness (QED) is 0.756. The summed E-state index contributed by atoms with van der Waals surface area (Å²) >= 11 is 0. The molecule has 2 rings (SSSR count). The molecule has 0 radical (unpaired) electrons. The van der Waals surface area contributed by atoms with Crippen LogP contribution >= 0.6 is 0 Å². The van der Waals surface area contributed by atoms with Crippen LogP contribution in [0.25, 0.3) is 0 Å². The number of amides is 1. The highest BCUT2D eigenvalue weighted by atomic mass is 16.5. The van der Waals surface area contributed by atoms with Crippen molar-refractivity contribution in [2.24, 2.45) is 5.92 Å². The molecule has 2 heterocycles. The van der Waals surface area contributed by atoms with Crippen LogP contribution in [-0.2, 0) is 4.79 Å². The van der Waals surface area contributed by atoms with Crippen LogP contribution in [0.15, 0.2) is 4.52 Å². The van der Waals surface area contributed by atoms with E-state index in [0.717, 1.165) is 0 Å². The highest BCUT2D eigenvalue weighted by molar-refractivity contribution is 5.91. The zero-order valence-corrected chi connectivity index (χ0v) is 8.71. The Morgan fingerprint density at radius 3 is 2.81 bits per heavy atom. The number of nitrogens with zero attached hydrogens (tertiary/aromatic N) is 3. The monoisotopic (exact) mass is 225 g/mol. The highest BCUT2D eigenvalue weighted by Gasteiger charge is 2.32. The lowest BCUT2D eigenvalue weighted by Gasteiger charge is -2.12. The fourth-order valence-electron chi connectivity index (χ4n) is 1.67. The van der Waals surface area contributed by atoms with E-state index in [-0.39, 0.29) is 18.3 Å². The molecule has 16 heavy (non-hydrogen) atoms. The highest BCUT2D eigenvalue weighted by Crippen LogP contribution is 2.17. The zero-order valence-electron chi connectivity index (χ0n) is 8.71. The average Bonchev–Trinajstić information content (AvgIpc) is 2.84. The second-order valence-corrected chi connectivity index (χ2v) is 3.71. The maximum absolute atomic E-state index is 11.8. The summed E-state index contributed by atoms with van der Waals surface area (Å²) in [6, 6.07) is 0. The van der Waals surface area contributed by atoms with Crippen LogP contribution in [-0.4, -0.2) is 45.1 Å². The largest absolute Gasteiger partial charge is 0.481 e. The molecule has 1 fully saturated rings. The van der Waals surface area contributed by atoms with Crippen molar-refractivity contribution in [3.8, 4) is 0 Å². The predicted molar refractivity (Wildman–Crippen MR) is 50.7 cm³/mol. The first-order chi connectivity index (χ1) is 7.58. The molecule has 1 saturated heterocycles. The van der Waals surface area contributed by atoms with E-state index < -0.39 is 11.9 Å². The smallest absolute Gasteiger partial charge is 0.308 e. The van der Waals surface area contributed by atoms with Gasteiger partial charge < -0.3 is 14.5 Å². The molecule has 7 nitrogen and oxygen atoms in total. The van der Waals surface area contributed by atoms with Gasteiger partial charge in [-0.2, -0.15) is 4.98 Å². The summed E-state index contributed by atoms with van der Waals surface area (Å²) < 4.78 is 4.69. The van der Waals surface area contributed by atoms with Crippen molar-refractivity contribution in [2.45, 2.75) is 13.3 Å². The van der Waals surface area contributed by atoms with E-state index in [1.165, 1.54) is 4.90 Å². The number of hydrogen-bond acceptors (Lipinski definition) is 5. The molecule has 1 aromatic heterocycles. The molecule has 1 amide bonds. The van der Waals surface area contributed by atoms with Gasteiger partial charge in [0.25, 0.3) is 11.7 Å². The molecule has 0 bridgehead atoms. The van der Waals surface area contributed by atoms with Gasteiger partial charge in [-0.15, -0.1) is 0 Å². The van der Waals surface area contributed by atoms with E-state index in [1.54, 1.807) is 6.92 Å². The molecular formula is C9H11N3O4. The third-order valence-corrected chi connectivity index (χ3v) is 2.54. The zero-order chi connectivity index (χ0) is 11.7. The molecule has 1 aromatic rings. The minimum Gasteiger partial charge on any atom is -0.481 e. The number of carbonyl (C=O) groups is 2. The molecule has 0 spiro atoms. The van der Waals surface area contributed by atoms with Crippen LogP contribution in [0.1, 0.15) is 22.9 Å². The standard InChI is InChI=1S/C9H11N3O4/c1-5-10-7(11-16-5)8(13)12-3-2-6(4-12)9(14)15/h6H,2-4H2,1H3,(H,14,15). The Balaban J connectivity index is 2.05. The molecule has 7 heteroatoms. The van der Waals surface area contributed by atoms with Gasteiger partial charge in [-0.1, -0.05) is 5.16 Å². The normalized spacial score (nSPS) is 20.1. The van der Waals surface area contributed by atoms with Gasteiger partial charge in [0.1, 0.15) is 0 Å². The second-order valence-electron chi connectivity index (χ2n) is 3.71. The van der Waals surface area contributed by atoms with E-state index in [0.29, 0.717) is 18.9 Å². The number of rotatable bonds is 2. The molecule has 1 N–H and O–H groups in total. The van der Waals surface area contributed by atoms with Gasteiger partial charge in [0.15, 0.2) is 0 Å². The van der Waals surface area contributed by atoms with Crippen molar-refractivity contribution in [3.05, 3.63) is 11.7 Å². The number of aliphatic carboxylic acids is 1. The maximum Gasteiger partial charge on any atom is 0.308 e. The number of carboxylic acid groups (broad SMARTS) is 1. The van der Waals surface area contributed by atoms with E-state index >= 15 is 0 Å². The number of carboxylic acids is 1. The van der Waals surface area contributed by atoms with Gasteiger partial charge in [-0.3, -0.25) is 9.59 Å². The third-order valence-electron chi connectivity index (χ3n) is 2.54. The molecule has 86 valence electrons. The molecule has 1 aliphatic heterocycles. The fourth-order valence-corrected chi connectivity index (χ4v) is 1.67. The first-order valence-electron chi connectivity index (χ1n) is 4.90. The summed E-state index contributed by atoms with van der Waals surface area (Å²) in [6.45, 7) is 2.22. The van der Waals surface area contributed by atoms with E-state index in [2.05, 4.69) is 10.1 Å². The first-order valence-corrected chi connectivity index (χ1v) is 4.90. The van der Waals surface area contributed by atoms with Crippen molar-refractivity contribution < 1.29 is 19.2 Å².